The van der Waals surface area contributed by atoms with Gasteiger partial charge in [0, 0.05) is 19.3 Å². The molecule has 0 spiro atoms. The molecule has 1 atom stereocenters. The zero-order chi connectivity index (χ0) is 45.1. The van der Waals surface area contributed by atoms with Crippen molar-refractivity contribution in [3.05, 3.63) is 134 Å². The predicted octanol–water partition coefficient (Wildman–Crippen LogP) is 15.9. The van der Waals surface area contributed by atoms with E-state index < -0.39 is 12.1 Å². The predicted molar refractivity (Wildman–Crippen MR) is 265 cm³/mol. The van der Waals surface area contributed by atoms with E-state index in [9.17, 15) is 14.4 Å². The highest BCUT2D eigenvalue weighted by molar-refractivity contribution is 5.71. The van der Waals surface area contributed by atoms with E-state index in [1.54, 1.807) is 0 Å². The van der Waals surface area contributed by atoms with Crippen LogP contribution in [0, 0.1) is 0 Å². The first-order chi connectivity index (χ1) is 30.5. The van der Waals surface area contributed by atoms with Crippen molar-refractivity contribution in [2.45, 2.75) is 187 Å². The van der Waals surface area contributed by atoms with E-state index in [1.165, 1.54) is 19.3 Å². The molecule has 0 aliphatic heterocycles. The van der Waals surface area contributed by atoms with Gasteiger partial charge in [-0.1, -0.05) is 187 Å². The summed E-state index contributed by atoms with van der Waals surface area (Å²) >= 11 is 0. The highest BCUT2D eigenvalue weighted by Crippen LogP contribution is 2.11. The van der Waals surface area contributed by atoms with Gasteiger partial charge in [0.2, 0.25) is 0 Å². The molecule has 0 amide bonds. The van der Waals surface area contributed by atoms with Crippen molar-refractivity contribution in [2.24, 2.45) is 0 Å². The van der Waals surface area contributed by atoms with Gasteiger partial charge >= 0.3 is 17.9 Å². The Hall–Kier alpha value is -4.45. The van der Waals surface area contributed by atoms with Crippen LogP contribution in [0.2, 0.25) is 0 Å². The number of unbranched alkanes of at least 4 members (excludes halogenated alkanes) is 11. The van der Waals surface area contributed by atoms with Crippen LogP contribution in [0.5, 0.6) is 0 Å². The van der Waals surface area contributed by atoms with Crippen molar-refractivity contribution in [1.29, 1.82) is 0 Å². The van der Waals surface area contributed by atoms with Gasteiger partial charge in [-0.2, -0.15) is 0 Å². The number of esters is 3. The molecule has 0 fully saturated rings. The zero-order valence-electron chi connectivity index (χ0n) is 39.3. The molecule has 0 bridgehead atoms. The standard InChI is InChI=1S/C56H86O6/c1-4-7-10-13-16-19-21-23-25-27-29-30-32-34-37-40-43-46-49-55(58)61-52-53(51-60-54(57)48-45-42-39-36-18-15-12-9-6-3)62-56(59)50-47-44-41-38-35-33-31-28-26-24-22-20-17-14-11-8-5-2/h8-9,11-12,16-21,23-27,29-31,33,36,38,41,53H,4-7,10,13-15,22,28,32,34-35,37,39-40,42-52H2,1-3H3/b11-8-,12-9-,19-16-,20-17-,23-21-,26-24-,27-25-,30-29-,33-31-,36-18-,41-38-. The molecule has 0 aromatic heterocycles. The van der Waals surface area contributed by atoms with E-state index >= 15 is 0 Å². The van der Waals surface area contributed by atoms with Crippen LogP contribution in [0.1, 0.15) is 181 Å². The van der Waals surface area contributed by atoms with Crippen LogP contribution in [0.3, 0.4) is 0 Å². The Bertz CT molecular complexity index is 1400. The fourth-order valence-corrected chi connectivity index (χ4v) is 5.88. The summed E-state index contributed by atoms with van der Waals surface area (Å²) < 4.78 is 16.6. The molecule has 0 saturated heterocycles. The molecular formula is C56H86O6. The largest absolute Gasteiger partial charge is 0.462 e. The topological polar surface area (TPSA) is 78.9 Å². The number of rotatable bonds is 41. The third-order valence-corrected chi connectivity index (χ3v) is 9.46. The minimum atomic E-state index is -0.834. The Kier molecular flexibility index (Phi) is 45.7. The summed E-state index contributed by atoms with van der Waals surface area (Å²) in [6.07, 6.45) is 68.8. The number of ether oxygens (including phenoxy) is 3. The summed E-state index contributed by atoms with van der Waals surface area (Å²) in [5, 5.41) is 0. The van der Waals surface area contributed by atoms with E-state index in [2.05, 4.69) is 154 Å². The summed E-state index contributed by atoms with van der Waals surface area (Å²) in [4.78, 5) is 37.8. The number of carbonyl (C=O) groups is 3. The average Bonchev–Trinajstić information content (AvgIpc) is 3.27. The van der Waals surface area contributed by atoms with Crippen LogP contribution in [-0.4, -0.2) is 37.2 Å². The van der Waals surface area contributed by atoms with E-state index in [-0.39, 0.29) is 31.6 Å². The van der Waals surface area contributed by atoms with Crippen molar-refractivity contribution >= 4 is 17.9 Å². The fraction of sp³-hybridized carbons (Fsp3) is 0.554. The lowest BCUT2D eigenvalue weighted by Gasteiger charge is -2.18. The molecule has 0 aromatic rings. The molecule has 0 aliphatic rings. The minimum absolute atomic E-state index is 0.129. The second-order valence-electron chi connectivity index (χ2n) is 15.3. The second kappa shape index (κ2) is 49.2. The average molecular weight is 855 g/mol. The molecular weight excluding hydrogens is 769 g/mol. The molecule has 6 nitrogen and oxygen atoms in total. The summed E-state index contributed by atoms with van der Waals surface area (Å²) in [5.74, 6) is -1.06. The summed E-state index contributed by atoms with van der Waals surface area (Å²) in [5.41, 5.74) is 0. The lowest BCUT2D eigenvalue weighted by Crippen LogP contribution is -2.30. The van der Waals surface area contributed by atoms with Crippen molar-refractivity contribution in [1.82, 2.24) is 0 Å². The monoisotopic (exact) mass is 855 g/mol. The second-order valence-corrected chi connectivity index (χ2v) is 15.3. The van der Waals surface area contributed by atoms with E-state index in [0.717, 1.165) is 109 Å². The minimum Gasteiger partial charge on any atom is -0.462 e. The molecule has 0 rings (SSSR count). The van der Waals surface area contributed by atoms with Gasteiger partial charge in [0.05, 0.1) is 0 Å². The van der Waals surface area contributed by atoms with Gasteiger partial charge < -0.3 is 14.2 Å². The smallest absolute Gasteiger partial charge is 0.306 e. The van der Waals surface area contributed by atoms with Crippen molar-refractivity contribution < 1.29 is 28.6 Å². The van der Waals surface area contributed by atoms with E-state index in [0.29, 0.717) is 25.7 Å². The van der Waals surface area contributed by atoms with Crippen molar-refractivity contribution in [3.63, 3.8) is 0 Å². The Morgan fingerprint density at radius 2 is 0.710 bits per heavy atom. The molecule has 1 unspecified atom stereocenters. The molecule has 0 N–H and O–H groups in total. The third-order valence-electron chi connectivity index (χ3n) is 9.46. The Morgan fingerprint density at radius 3 is 1.21 bits per heavy atom. The SMILES string of the molecule is CC/C=C\C/C=C\C/C=C\C/C=C\C/C=C\CCCC(=O)OC(COC(=O)CCCC/C=C\C/C=C\CC)COC(=O)CCCCCCC\C=C/C=C\C=C/C=C\CCCCC. The van der Waals surface area contributed by atoms with Crippen LogP contribution >= 0.6 is 0 Å². The first-order valence-corrected chi connectivity index (χ1v) is 24.2. The van der Waals surface area contributed by atoms with Crippen molar-refractivity contribution in [3.8, 4) is 0 Å². The Labute approximate surface area is 379 Å². The molecule has 0 radical (unpaired) electrons. The molecule has 62 heavy (non-hydrogen) atoms. The van der Waals surface area contributed by atoms with Crippen molar-refractivity contribution in [2.75, 3.05) is 13.2 Å². The molecule has 0 aliphatic carbocycles. The number of hydrogen-bond acceptors (Lipinski definition) is 6. The van der Waals surface area contributed by atoms with Gasteiger partial charge in [0.1, 0.15) is 13.2 Å². The highest BCUT2D eigenvalue weighted by Gasteiger charge is 2.19. The van der Waals surface area contributed by atoms with Gasteiger partial charge in [0.15, 0.2) is 6.10 Å². The van der Waals surface area contributed by atoms with Gasteiger partial charge in [-0.25, -0.2) is 0 Å². The van der Waals surface area contributed by atoms with Crippen LogP contribution < -0.4 is 0 Å². The van der Waals surface area contributed by atoms with Crippen LogP contribution in [-0.2, 0) is 28.6 Å². The summed E-state index contributed by atoms with van der Waals surface area (Å²) in [6.45, 7) is 6.23. The van der Waals surface area contributed by atoms with Gasteiger partial charge in [0.25, 0.3) is 0 Å². The lowest BCUT2D eigenvalue weighted by atomic mass is 10.1. The molecule has 346 valence electrons. The first kappa shape index (κ1) is 57.5. The normalized spacial score (nSPS) is 13.3. The maximum absolute atomic E-state index is 12.7. The Morgan fingerprint density at radius 1 is 0.355 bits per heavy atom. The van der Waals surface area contributed by atoms with E-state index in [4.69, 9.17) is 14.2 Å². The number of allylic oxidation sites excluding steroid dienone is 22. The highest BCUT2D eigenvalue weighted by atomic mass is 16.6. The number of carbonyl (C=O) groups excluding carboxylic acids is 3. The molecule has 6 heteroatoms. The Balaban J connectivity index is 4.54. The van der Waals surface area contributed by atoms with Crippen LogP contribution in [0.4, 0.5) is 0 Å². The van der Waals surface area contributed by atoms with Gasteiger partial charge in [-0.05, 0) is 109 Å². The van der Waals surface area contributed by atoms with Crippen LogP contribution in [0.15, 0.2) is 134 Å². The molecule has 0 saturated carbocycles. The maximum atomic E-state index is 12.7. The lowest BCUT2D eigenvalue weighted by molar-refractivity contribution is -0.167. The van der Waals surface area contributed by atoms with Gasteiger partial charge in [-0.15, -0.1) is 0 Å². The van der Waals surface area contributed by atoms with E-state index in [1.807, 2.05) is 0 Å². The van der Waals surface area contributed by atoms with Gasteiger partial charge in [-0.3, -0.25) is 14.4 Å². The zero-order valence-corrected chi connectivity index (χ0v) is 39.3. The molecule has 0 aromatic carbocycles. The fourth-order valence-electron chi connectivity index (χ4n) is 5.88. The summed E-state index contributed by atoms with van der Waals surface area (Å²) in [6, 6.07) is 0. The number of hydrogen-bond donors (Lipinski definition) is 0. The maximum Gasteiger partial charge on any atom is 0.306 e. The molecule has 0 heterocycles. The first-order valence-electron chi connectivity index (χ1n) is 24.2. The summed E-state index contributed by atoms with van der Waals surface area (Å²) in [7, 11) is 0. The van der Waals surface area contributed by atoms with Crippen LogP contribution in [0.25, 0.3) is 0 Å². The quantitative estimate of drug-likeness (QED) is 0.0200. The third kappa shape index (κ3) is 46.6.